The number of hydrogen-bond donors (Lipinski definition) is 3. The Morgan fingerprint density at radius 2 is 1.25 bits per heavy atom. The average molecular weight is 1020 g/mol. The number of aromatic nitrogens is 2. The molecule has 4 N–H and O–H groups in total. The standard InChI is InChI=1S/C28H29N3O3.C27H28N4O3.C4H8O.CH5N/c1-2-34-25(32)17-22-21-8-3-4-9-23(21)31(28(22)33)20-11-14-30(15-12-20)24-16-19-7-5-6-18-10-13-29-27(24)26(18)19;1-28-23(32)16-27(34)20-7-2-3-8-21(20)31(26(27)33)19-10-13-30(14-11-19)22-15-18-6-4-5-17-9-12-29-25(22)24(17)18;1-2-4-5-3-1;1-2/h3-10,13,20,22,24H,2,11-12,14-17H2,1H3;2-9,12,19,22,34H,10-11,13-16H2,1H3,(H,28,32);1-4H2;2H2,1H3. The normalized spacial score (nSPS) is 23.0. The van der Waals surface area contributed by atoms with Gasteiger partial charge in [-0.3, -0.25) is 38.9 Å². The number of piperidine rings is 2. The van der Waals surface area contributed by atoms with E-state index in [0.29, 0.717) is 18.2 Å². The summed E-state index contributed by atoms with van der Waals surface area (Å²) in [6.45, 7) is 7.67. The Labute approximate surface area is 439 Å². The number of para-hydroxylation sites is 2. The van der Waals surface area contributed by atoms with Crippen LogP contribution in [-0.2, 0) is 47.1 Å². The van der Waals surface area contributed by atoms with Gasteiger partial charge in [0.05, 0.1) is 54.5 Å². The van der Waals surface area contributed by atoms with Crippen LogP contribution in [0.5, 0.6) is 0 Å². The molecule has 3 fully saturated rings. The smallest absolute Gasteiger partial charge is 0.306 e. The number of esters is 1. The Balaban J connectivity index is 0.000000152. The van der Waals surface area contributed by atoms with Crippen LogP contribution in [0.2, 0.25) is 0 Å². The number of rotatable bonds is 9. The Kier molecular flexibility index (Phi) is 15.7. The number of carbonyl (C=O) groups excluding carboxylic acids is 4. The Bertz CT molecular complexity index is 3040. The molecule has 7 heterocycles. The zero-order valence-corrected chi connectivity index (χ0v) is 43.5. The first-order valence-corrected chi connectivity index (χ1v) is 27.0. The zero-order chi connectivity index (χ0) is 52.2. The highest BCUT2D eigenvalue weighted by Crippen LogP contribution is 2.47. The topological polar surface area (TPSA) is 184 Å². The number of nitrogens with zero attached hydrogens (tertiary/aromatic N) is 6. The Morgan fingerprint density at radius 3 is 1.79 bits per heavy atom. The number of anilines is 2. The third-order valence-electron chi connectivity index (χ3n) is 16.4. The first-order valence-electron chi connectivity index (χ1n) is 27.0. The van der Waals surface area contributed by atoms with Crippen molar-refractivity contribution in [3.05, 3.63) is 143 Å². The largest absolute Gasteiger partial charge is 0.466 e. The van der Waals surface area contributed by atoms with Gasteiger partial charge >= 0.3 is 5.97 Å². The molecule has 7 aliphatic rings. The number of nitrogens with two attached hydrogens (primary N) is 1. The maximum absolute atomic E-state index is 13.5. The number of aliphatic hydroxyl groups is 1. The summed E-state index contributed by atoms with van der Waals surface area (Å²) in [6.07, 6.45) is 11.6. The van der Waals surface area contributed by atoms with Gasteiger partial charge in [-0.15, -0.1) is 0 Å². The minimum atomic E-state index is -1.82. The fourth-order valence-corrected chi connectivity index (χ4v) is 12.8. The molecule has 0 bridgehead atoms. The van der Waals surface area contributed by atoms with Gasteiger partial charge in [-0.05, 0) is 117 Å². The number of hydrogen-bond acceptors (Lipinski definition) is 12. The van der Waals surface area contributed by atoms with E-state index in [4.69, 9.17) is 19.4 Å². The van der Waals surface area contributed by atoms with Crippen molar-refractivity contribution in [2.45, 2.75) is 107 Å². The highest BCUT2D eigenvalue weighted by molar-refractivity contribution is 6.09. The van der Waals surface area contributed by atoms with E-state index in [1.54, 1.807) is 24.0 Å². The molecule has 0 saturated carbocycles. The molecule has 6 aromatic rings. The number of nitrogens with one attached hydrogen (secondary N) is 1. The summed E-state index contributed by atoms with van der Waals surface area (Å²) in [5.41, 5.74) is 10.9. The van der Waals surface area contributed by atoms with Gasteiger partial charge in [0.1, 0.15) is 0 Å². The fourth-order valence-electron chi connectivity index (χ4n) is 12.8. The number of benzene rings is 4. The summed E-state index contributed by atoms with van der Waals surface area (Å²) in [4.78, 5) is 69.6. The lowest BCUT2D eigenvalue weighted by atomic mass is 9.91. The summed E-state index contributed by atoms with van der Waals surface area (Å²) in [5.74, 6) is -1.47. The Morgan fingerprint density at radius 1 is 0.720 bits per heavy atom. The second kappa shape index (κ2) is 22.7. The summed E-state index contributed by atoms with van der Waals surface area (Å²) < 4.78 is 10.1. The van der Waals surface area contributed by atoms with Gasteiger partial charge in [-0.1, -0.05) is 72.8 Å². The van der Waals surface area contributed by atoms with Gasteiger partial charge in [-0.25, -0.2) is 0 Å². The molecule has 3 amide bonds. The van der Waals surface area contributed by atoms with Crippen molar-refractivity contribution in [1.82, 2.24) is 25.1 Å². The first-order chi connectivity index (χ1) is 36.7. The predicted octanol–water partition coefficient (Wildman–Crippen LogP) is 7.42. The van der Waals surface area contributed by atoms with E-state index < -0.39 is 17.4 Å². The van der Waals surface area contributed by atoms with Crippen molar-refractivity contribution in [2.24, 2.45) is 5.73 Å². The highest BCUT2D eigenvalue weighted by Gasteiger charge is 2.53. The zero-order valence-electron chi connectivity index (χ0n) is 43.5. The van der Waals surface area contributed by atoms with Crippen molar-refractivity contribution in [2.75, 3.05) is 69.9 Å². The number of pyridine rings is 2. The van der Waals surface area contributed by atoms with E-state index in [1.165, 1.54) is 65.3 Å². The molecule has 15 heteroatoms. The molecule has 4 atom stereocenters. The molecule has 75 heavy (non-hydrogen) atoms. The molecule has 15 nitrogen and oxygen atoms in total. The SMILES string of the molecule is C1CCOC1.CCOC(=O)CC1C(=O)N(C2CCN(C3Cc4cccc5ccnc3c45)CC2)c2ccccc21.CN.CNC(=O)CC1(O)C(=O)N(C2CCN(C3Cc4cccc5ccnc3c45)CC2)c2ccccc21. The lowest BCUT2D eigenvalue weighted by Gasteiger charge is -2.39. The summed E-state index contributed by atoms with van der Waals surface area (Å²) in [7, 11) is 3.02. The number of fused-ring (bicyclic) bond motifs is 2. The van der Waals surface area contributed by atoms with Crippen molar-refractivity contribution >= 4 is 56.6 Å². The number of likely N-dealkylation sites (tertiary alicyclic amines) is 2. The van der Waals surface area contributed by atoms with Crippen LogP contribution in [0.1, 0.15) is 110 Å². The van der Waals surface area contributed by atoms with Crippen LogP contribution in [-0.4, -0.2) is 121 Å². The van der Waals surface area contributed by atoms with Crippen molar-refractivity contribution < 1.29 is 33.8 Å². The van der Waals surface area contributed by atoms with E-state index in [9.17, 15) is 24.3 Å². The van der Waals surface area contributed by atoms with Crippen LogP contribution in [0.4, 0.5) is 11.4 Å². The maximum atomic E-state index is 13.5. The molecule has 5 aliphatic heterocycles. The lowest BCUT2D eigenvalue weighted by molar-refractivity contribution is -0.144. The van der Waals surface area contributed by atoms with Crippen LogP contribution >= 0.6 is 0 Å². The first kappa shape index (κ1) is 51.8. The molecule has 4 aromatic carbocycles. The van der Waals surface area contributed by atoms with Gasteiger partial charge in [0, 0.05) is 92.9 Å². The molecule has 2 aliphatic carbocycles. The summed E-state index contributed by atoms with van der Waals surface area (Å²) >= 11 is 0. The van der Waals surface area contributed by atoms with E-state index in [1.807, 2.05) is 53.7 Å². The van der Waals surface area contributed by atoms with Crippen molar-refractivity contribution in [1.29, 1.82) is 0 Å². The van der Waals surface area contributed by atoms with Crippen LogP contribution in [0.3, 0.4) is 0 Å². The van der Waals surface area contributed by atoms with E-state index >= 15 is 0 Å². The van der Waals surface area contributed by atoms with Gasteiger partial charge in [0.2, 0.25) is 11.8 Å². The minimum Gasteiger partial charge on any atom is -0.466 e. The van der Waals surface area contributed by atoms with Gasteiger partial charge in [-0.2, -0.15) is 0 Å². The molecule has 4 unspecified atom stereocenters. The van der Waals surface area contributed by atoms with Gasteiger partial charge < -0.3 is 35.4 Å². The number of carbonyl (C=O) groups is 4. The molecule has 13 rings (SSSR count). The summed E-state index contributed by atoms with van der Waals surface area (Å²) in [6, 6.07) is 33.1. The third kappa shape index (κ3) is 9.92. The molecule has 2 aromatic heterocycles. The predicted molar refractivity (Wildman–Crippen MR) is 290 cm³/mol. The third-order valence-corrected chi connectivity index (χ3v) is 16.4. The van der Waals surface area contributed by atoms with Crippen molar-refractivity contribution in [3.8, 4) is 0 Å². The number of ether oxygens (including phenoxy) is 2. The average Bonchev–Trinajstić information content (AvgIpc) is 4.32. The van der Waals surface area contributed by atoms with Gasteiger partial charge in [0.15, 0.2) is 5.60 Å². The van der Waals surface area contributed by atoms with Gasteiger partial charge in [0.25, 0.3) is 5.91 Å². The molecule has 3 saturated heterocycles. The molecule has 392 valence electrons. The molecular formula is C60H70N8O7. The second-order valence-corrected chi connectivity index (χ2v) is 20.4. The molecular weight excluding hydrogens is 945 g/mol. The van der Waals surface area contributed by atoms with Crippen molar-refractivity contribution in [3.63, 3.8) is 0 Å². The fraction of sp³-hybridized carbons (Fsp3) is 0.433. The lowest BCUT2D eigenvalue weighted by Crippen LogP contribution is -2.51. The van der Waals surface area contributed by atoms with Crippen LogP contribution in [0, 0.1) is 0 Å². The maximum Gasteiger partial charge on any atom is 0.306 e. The van der Waals surface area contributed by atoms with Crippen LogP contribution in [0.15, 0.2) is 109 Å². The van der Waals surface area contributed by atoms with Crippen LogP contribution in [0.25, 0.3) is 21.5 Å². The van der Waals surface area contributed by atoms with Crippen LogP contribution < -0.4 is 20.9 Å². The Hall–Kier alpha value is -6.62. The molecule has 0 spiro atoms. The van der Waals surface area contributed by atoms with E-state index in [0.717, 1.165) is 101 Å². The van der Waals surface area contributed by atoms with E-state index in [-0.39, 0.29) is 48.8 Å². The quantitative estimate of drug-likeness (QED) is 0.122. The monoisotopic (exact) mass is 1010 g/mol. The number of amides is 3. The minimum absolute atomic E-state index is 0.0175. The van der Waals surface area contributed by atoms with E-state index in [2.05, 4.69) is 69.4 Å². The second-order valence-electron chi connectivity index (χ2n) is 20.4. The highest BCUT2D eigenvalue weighted by atomic mass is 16.5. The molecule has 0 radical (unpaired) electrons. The summed E-state index contributed by atoms with van der Waals surface area (Å²) in [5, 5.41) is 19.0.